The van der Waals surface area contributed by atoms with Crippen LogP contribution in [0.1, 0.15) is 17.0 Å². The Morgan fingerprint density at radius 2 is 2.19 bits per heavy atom. The van der Waals surface area contributed by atoms with E-state index in [9.17, 15) is 0 Å². The summed E-state index contributed by atoms with van der Waals surface area (Å²) in [5.74, 6) is 0. The van der Waals surface area contributed by atoms with Crippen LogP contribution in [0.2, 0.25) is 0 Å². The van der Waals surface area contributed by atoms with Crippen LogP contribution in [-0.2, 0) is 7.05 Å². The van der Waals surface area contributed by atoms with Crippen molar-refractivity contribution >= 4 is 22.2 Å². The molecule has 0 radical (unpaired) electrons. The molecule has 0 spiro atoms. The predicted octanol–water partition coefficient (Wildman–Crippen LogP) is 2.11. The highest BCUT2D eigenvalue weighted by Gasteiger charge is 2.12. The molecule has 0 aliphatic carbocycles. The average Bonchev–Trinajstić information content (AvgIpc) is 2.72. The second kappa shape index (κ2) is 3.94. The Morgan fingerprint density at radius 1 is 1.44 bits per heavy atom. The van der Waals surface area contributed by atoms with Gasteiger partial charge in [0.2, 0.25) is 0 Å². The third-order valence-electron chi connectivity index (χ3n) is 2.24. The zero-order valence-electron chi connectivity index (χ0n) is 9.27. The average molecular weight is 233 g/mol. The van der Waals surface area contributed by atoms with E-state index in [1.807, 2.05) is 27.1 Å². The molecule has 6 heteroatoms. The molecule has 0 saturated heterocycles. The van der Waals surface area contributed by atoms with Gasteiger partial charge >= 0.3 is 0 Å². The van der Waals surface area contributed by atoms with E-state index >= 15 is 0 Å². The van der Waals surface area contributed by atoms with Crippen LogP contribution in [0.3, 0.4) is 0 Å². The highest BCUT2D eigenvalue weighted by atomic mass is 32.1. The van der Waals surface area contributed by atoms with E-state index in [2.05, 4.69) is 20.9 Å². The zero-order valence-corrected chi connectivity index (χ0v) is 10.1. The molecule has 0 aliphatic rings. The molecule has 2 heterocycles. The van der Waals surface area contributed by atoms with Crippen LogP contribution >= 0.6 is 11.5 Å². The third-order valence-corrected chi connectivity index (χ3v) is 3.09. The quantitative estimate of drug-likeness (QED) is 0.862. The number of aryl methyl sites for hydroxylation is 3. The van der Waals surface area contributed by atoms with Crippen molar-refractivity contribution in [1.29, 1.82) is 5.26 Å². The fourth-order valence-electron chi connectivity index (χ4n) is 1.43. The fraction of sp³-hybridized carbons (Fsp3) is 0.300. The third kappa shape index (κ3) is 1.77. The standard InChI is InChI=1S/C10H11N5S/c1-6-8(4-11)10(16-14-6)12-9-5-15(3)13-7(9)2/h5,12H,1-3H3. The first-order valence-corrected chi connectivity index (χ1v) is 5.53. The molecule has 0 unspecified atom stereocenters. The van der Waals surface area contributed by atoms with E-state index in [1.165, 1.54) is 11.5 Å². The summed E-state index contributed by atoms with van der Waals surface area (Å²) in [6, 6.07) is 2.15. The minimum Gasteiger partial charge on any atom is -0.342 e. The number of anilines is 2. The summed E-state index contributed by atoms with van der Waals surface area (Å²) in [5, 5.41) is 17.2. The van der Waals surface area contributed by atoms with Gasteiger partial charge in [0.1, 0.15) is 16.6 Å². The molecule has 2 aromatic rings. The van der Waals surface area contributed by atoms with Gasteiger partial charge in [-0.05, 0) is 25.4 Å². The second-order valence-electron chi connectivity index (χ2n) is 3.51. The topological polar surface area (TPSA) is 66.5 Å². The Hall–Kier alpha value is -1.87. The molecule has 0 amide bonds. The monoisotopic (exact) mass is 233 g/mol. The first-order chi connectivity index (χ1) is 7.61. The van der Waals surface area contributed by atoms with Gasteiger partial charge in [0.05, 0.1) is 17.1 Å². The number of hydrogen-bond acceptors (Lipinski definition) is 5. The van der Waals surface area contributed by atoms with Crippen molar-refractivity contribution in [3.8, 4) is 6.07 Å². The number of hydrogen-bond donors (Lipinski definition) is 1. The van der Waals surface area contributed by atoms with Crippen LogP contribution in [0.5, 0.6) is 0 Å². The largest absolute Gasteiger partial charge is 0.342 e. The van der Waals surface area contributed by atoms with Gasteiger partial charge in [-0.25, -0.2) is 0 Å². The van der Waals surface area contributed by atoms with Crippen LogP contribution < -0.4 is 5.32 Å². The lowest BCUT2D eigenvalue weighted by atomic mass is 10.3. The summed E-state index contributed by atoms with van der Waals surface area (Å²) in [6.07, 6.45) is 1.88. The van der Waals surface area contributed by atoms with Gasteiger partial charge in [-0.1, -0.05) is 0 Å². The van der Waals surface area contributed by atoms with E-state index in [4.69, 9.17) is 5.26 Å². The lowest BCUT2D eigenvalue weighted by Gasteiger charge is -2.00. The summed E-state index contributed by atoms with van der Waals surface area (Å²) < 4.78 is 5.88. The number of aromatic nitrogens is 3. The number of nitriles is 1. The lowest BCUT2D eigenvalue weighted by Crippen LogP contribution is -1.90. The van der Waals surface area contributed by atoms with Crippen LogP contribution in [0.4, 0.5) is 10.7 Å². The maximum atomic E-state index is 9.00. The predicted molar refractivity (Wildman–Crippen MR) is 62.8 cm³/mol. The van der Waals surface area contributed by atoms with Gasteiger partial charge in [-0.2, -0.15) is 14.7 Å². The summed E-state index contributed by atoms with van der Waals surface area (Å²) in [6.45, 7) is 3.75. The molecule has 0 atom stereocenters. The van der Waals surface area contributed by atoms with Crippen molar-refractivity contribution in [2.75, 3.05) is 5.32 Å². The minimum atomic E-state index is 0.605. The van der Waals surface area contributed by atoms with Gasteiger partial charge in [-0.15, -0.1) is 0 Å². The molecule has 82 valence electrons. The summed E-state index contributed by atoms with van der Waals surface area (Å²) in [5.41, 5.74) is 3.17. The second-order valence-corrected chi connectivity index (χ2v) is 4.28. The molecule has 0 saturated carbocycles. The molecule has 0 aliphatic heterocycles. The van der Waals surface area contributed by atoms with Gasteiger partial charge in [0, 0.05) is 13.2 Å². The Morgan fingerprint density at radius 3 is 2.75 bits per heavy atom. The highest BCUT2D eigenvalue weighted by Crippen LogP contribution is 2.28. The fourth-order valence-corrected chi connectivity index (χ4v) is 2.19. The smallest absolute Gasteiger partial charge is 0.132 e. The first-order valence-electron chi connectivity index (χ1n) is 4.75. The number of rotatable bonds is 2. The van der Waals surface area contributed by atoms with Gasteiger partial charge < -0.3 is 5.32 Å². The molecular formula is C10H11N5S. The van der Waals surface area contributed by atoms with Crippen LogP contribution in [0.15, 0.2) is 6.20 Å². The summed E-state index contributed by atoms with van der Waals surface area (Å²) in [7, 11) is 1.86. The van der Waals surface area contributed by atoms with Gasteiger partial charge in [0.25, 0.3) is 0 Å². The SMILES string of the molecule is Cc1nn(C)cc1Nc1snc(C)c1C#N. The zero-order chi connectivity index (χ0) is 11.7. The lowest BCUT2D eigenvalue weighted by molar-refractivity contribution is 0.756. The molecule has 1 N–H and O–H groups in total. The first kappa shape index (κ1) is 10.6. The Bertz CT molecular complexity index is 560. The minimum absolute atomic E-state index is 0.605. The van der Waals surface area contributed by atoms with Gasteiger partial charge in [-0.3, -0.25) is 4.68 Å². The molecule has 2 aromatic heterocycles. The van der Waals surface area contributed by atoms with Crippen LogP contribution in [-0.4, -0.2) is 14.2 Å². The Labute approximate surface area is 97.5 Å². The molecular weight excluding hydrogens is 222 g/mol. The van der Waals surface area contributed by atoms with E-state index in [0.717, 1.165) is 22.1 Å². The maximum Gasteiger partial charge on any atom is 0.132 e. The molecule has 5 nitrogen and oxygen atoms in total. The van der Waals surface area contributed by atoms with E-state index < -0.39 is 0 Å². The molecule has 2 rings (SSSR count). The maximum absolute atomic E-state index is 9.00. The molecule has 16 heavy (non-hydrogen) atoms. The van der Waals surface area contributed by atoms with Crippen molar-refractivity contribution in [3.63, 3.8) is 0 Å². The van der Waals surface area contributed by atoms with Crippen molar-refractivity contribution in [2.45, 2.75) is 13.8 Å². The molecule has 0 fully saturated rings. The molecule has 0 bridgehead atoms. The van der Waals surface area contributed by atoms with Crippen LogP contribution in [0, 0.1) is 25.2 Å². The van der Waals surface area contributed by atoms with E-state index in [-0.39, 0.29) is 0 Å². The number of nitrogens with zero attached hydrogens (tertiary/aromatic N) is 4. The van der Waals surface area contributed by atoms with E-state index in [1.54, 1.807) is 4.68 Å². The van der Waals surface area contributed by atoms with Crippen molar-refractivity contribution < 1.29 is 0 Å². The normalized spacial score (nSPS) is 10.1. The van der Waals surface area contributed by atoms with Gasteiger partial charge in [0.15, 0.2) is 0 Å². The summed E-state index contributed by atoms with van der Waals surface area (Å²) >= 11 is 1.29. The highest BCUT2D eigenvalue weighted by molar-refractivity contribution is 7.10. The Kier molecular flexibility index (Phi) is 2.62. The number of nitrogens with one attached hydrogen (secondary N) is 1. The van der Waals surface area contributed by atoms with Crippen molar-refractivity contribution in [3.05, 3.63) is 23.1 Å². The summed E-state index contributed by atoms with van der Waals surface area (Å²) in [4.78, 5) is 0. The van der Waals surface area contributed by atoms with Crippen LogP contribution in [0.25, 0.3) is 0 Å². The van der Waals surface area contributed by atoms with Crippen molar-refractivity contribution in [1.82, 2.24) is 14.2 Å². The van der Waals surface area contributed by atoms with E-state index in [0.29, 0.717) is 5.56 Å². The van der Waals surface area contributed by atoms with Crippen molar-refractivity contribution in [2.24, 2.45) is 7.05 Å². The molecule has 0 aromatic carbocycles. The Balaban J connectivity index is 2.34.